The summed E-state index contributed by atoms with van der Waals surface area (Å²) in [6, 6.07) is 0. The first kappa shape index (κ1) is 12.4. The number of hydrogen-bond acceptors (Lipinski definition) is 4. The van der Waals surface area contributed by atoms with Crippen LogP contribution in [-0.4, -0.2) is 39.9 Å². The van der Waals surface area contributed by atoms with E-state index >= 15 is 0 Å². The minimum Gasteiger partial charge on any atom is -0.396 e. The lowest BCUT2D eigenvalue weighted by Crippen LogP contribution is -2.39. The predicted molar refractivity (Wildman–Crippen MR) is 52.0 cm³/mol. The molecular weight excluding hydrogens is 222 g/mol. The summed E-state index contributed by atoms with van der Waals surface area (Å²) in [5.41, 5.74) is 5.55. The van der Waals surface area contributed by atoms with Gasteiger partial charge in [0.15, 0.2) is 0 Å². The molecule has 0 radical (unpaired) electrons. The third-order valence-electron chi connectivity index (χ3n) is 1.92. The van der Waals surface area contributed by atoms with E-state index in [9.17, 15) is 13.6 Å². The van der Waals surface area contributed by atoms with E-state index in [1.54, 1.807) is 0 Å². The predicted octanol–water partition coefficient (Wildman–Crippen LogP) is -0.640. The fraction of sp³-hybridized carbons (Fsp3) is 0.500. The van der Waals surface area contributed by atoms with Crippen LogP contribution < -0.4 is 11.1 Å². The lowest BCUT2D eigenvalue weighted by molar-refractivity contribution is -0.0462. The Hall–Kier alpha value is -1.70. The van der Waals surface area contributed by atoms with Crippen molar-refractivity contribution in [1.82, 2.24) is 15.1 Å². The van der Waals surface area contributed by atoms with Crippen molar-refractivity contribution in [2.45, 2.75) is 5.92 Å². The smallest absolute Gasteiger partial charge is 0.287 e. The number of nitrogens with one attached hydrogen (secondary N) is 1. The van der Waals surface area contributed by atoms with Gasteiger partial charge in [-0.3, -0.25) is 9.48 Å². The molecule has 0 bridgehead atoms. The molecule has 1 amide bonds. The van der Waals surface area contributed by atoms with Gasteiger partial charge in [0.2, 0.25) is 0 Å². The number of aliphatic hydroxyl groups excluding tert-OH is 1. The van der Waals surface area contributed by atoms with Crippen LogP contribution in [0.4, 0.5) is 14.5 Å². The highest BCUT2D eigenvalue weighted by Crippen LogP contribution is 2.12. The Bertz CT molecular complexity index is 372. The van der Waals surface area contributed by atoms with Gasteiger partial charge in [0.1, 0.15) is 12.3 Å². The van der Waals surface area contributed by atoms with Crippen molar-refractivity contribution in [2.24, 2.45) is 7.05 Å². The van der Waals surface area contributed by atoms with Crippen LogP contribution >= 0.6 is 0 Å². The molecule has 0 atom stereocenters. The van der Waals surface area contributed by atoms with E-state index in [0.717, 1.165) is 0 Å². The average Bonchev–Trinajstić information content (AvgIpc) is 2.55. The number of halogens is 2. The zero-order valence-corrected chi connectivity index (χ0v) is 8.57. The molecule has 0 aliphatic heterocycles. The number of nitrogens with two attached hydrogens (primary N) is 1. The van der Waals surface area contributed by atoms with Gasteiger partial charge in [0.25, 0.3) is 11.8 Å². The second-order valence-electron chi connectivity index (χ2n) is 3.27. The first-order valence-electron chi connectivity index (χ1n) is 4.42. The molecule has 16 heavy (non-hydrogen) atoms. The van der Waals surface area contributed by atoms with E-state index in [-0.39, 0.29) is 11.4 Å². The summed E-state index contributed by atoms with van der Waals surface area (Å²) in [4.78, 5) is 11.4. The van der Waals surface area contributed by atoms with Crippen LogP contribution in [0.25, 0.3) is 0 Å². The second-order valence-corrected chi connectivity index (χ2v) is 3.27. The van der Waals surface area contributed by atoms with Crippen LogP contribution in [0.5, 0.6) is 0 Å². The van der Waals surface area contributed by atoms with Crippen LogP contribution in [0.3, 0.4) is 0 Å². The summed E-state index contributed by atoms with van der Waals surface area (Å²) in [6.45, 7) is -2.28. The average molecular weight is 234 g/mol. The summed E-state index contributed by atoms with van der Waals surface area (Å²) in [7, 11) is 1.47. The molecule has 0 unspecified atom stereocenters. The number of rotatable bonds is 4. The number of carbonyl (C=O) groups is 1. The molecular formula is C8H12F2N4O2. The van der Waals surface area contributed by atoms with Gasteiger partial charge in [-0.1, -0.05) is 0 Å². The highest BCUT2D eigenvalue weighted by atomic mass is 19.3. The van der Waals surface area contributed by atoms with Gasteiger partial charge in [0, 0.05) is 7.05 Å². The fourth-order valence-corrected chi connectivity index (χ4v) is 1.08. The number of carbonyl (C=O) groups excluding carboxylic acids is 1. The van der Waals surface area contributed by atoms with E-state index in [2.05, 4.69) is 5.10 Å². The quantitative estimate of drug-likeness (QED) is 0.646. The minimum atomic E-state index is -3.34. The van der Waals surface area contributed by atoms with Crippen molar-refractivity contribution in [1.29, 1.82) is 0 Å². The van der Waals surface area contributed by atoms with Crippen molar-refractivity contribution in [2.75, 3.05) is 18.9 Å². The van der Waals surface area contributed by atoms with E-state index < -0.39 is 25.0 Å². The fourth-order valence-electron chi connectivity index (χ4n) is 1.08. The molecule has 4 N–H and O–H groups in total. The second kappa shape index (κ2) is 4.44. The summed E-state index contributed by atoms with van der Waals surface area (Å²) < 4.78 is 26.5. The number of nitrogen functional groups attached to an aromatic ring is 1. The van der Waals surface area contributed by atoms with E-state index in [1.165, 1.54) is 17.9 Å². The first-order chi connectivity index (χ1) is 7.37. The molecule has 0 fully saturated rings. The molecule has 6 nitrogen and oxygen atoms in total. The standard InChI is InChI=1S/C8H12F2N4O2/c1-14-6(5(11)2-13-14)7(16)12-3-8(9,10)4-15/h2,15H,3-4,11H2,1H3,(H,12,16). The lowest BCUT2D eigenvalue weighted by atomic mass is 10.3. The van der Waals surface area contributed by atoms with E-state index in [0.29, 0.717) is 0 Å². The van der Waals surface area contributed by atoms with Crippen molar-refractivity contribution < 1.29 is 18.7 Å². The summed E-state index contributed by atoms with van der Waals surface area (Å²) in [6.07, 6.45) is 1.25. The topological polar surface area (TPSA) is 93.2 Å². The van der Waals surface area contributed by atoms with Crippen LogP contribution in [-0.2, 0) is 7.05 Å². The lowest BCUT2D eigenvalue weighted by Gasteiger charge is -2.14. The monoisotopic (exact) mass is 234 g/mol. The van der Waals surface area contributed by atoms with Gasteiger partial charge in [-0.15, -0.1) is 0 Å². The SMILES string of the molecule is Cn1ncc(N)c1C(=O)NCC(F)(F)CO. The molecule has 0 aliphatic carbocycles. The maximum Gasteiger partial charge on any atom is 0.287 e. The van der Waals surface area contributed by atoms with E-state index in [1.807, 2.05) is 5.32 Å². The molecule has 0 aromatic carbocycles. The number of anilines is 1. The Morgan fingerprint density at radius 3 is 2.81 bits per heavy atom. The largest absolute Gasteiger partial charge is 0.396 e. The number of aliphatic hydroxyl groups is 1. The first-order valence-corrected chi connectivity index (χ1v) is 4.42. The van der Waals surface area contributed by atoms with Gasteiger partial charge < -0.3 is 16.2 Å². The van der Waals surface area contributed by atoms with Crippen molar-refractivity contribution in [3.05, 3.63) is 11.9 Å². The molecule has 0 spiro atoms. The van der Waals surface area contributed by atoms with Crippen LogP contribution in [0.15, 0.2) is 6.20 Å². The summed E-state index contributed by atoms with van der Waals surface area (Å²) in [5.74, 6) is -4.10. The Balaban J connectivity index is 2.67. The molecule has 0 saturated carbocycles. The molecule has 0 saturated heterocycles. The van der Waals surface area contributed by atoms with Gasteiger partial charge in [-0.05, 0) is 0 Å². The minimum absolute atomic E-state index is 0.00809. The molecule has 90 valence electrons. The molecule has 1 aromatic heterocycles. The molecule has 8 heteroatoms. The highest BCUT2D eigenvalue weighted by molar-refractivity contribution is 5.97. The molecule has 1 aromatic rings. The van der Waals surface area contributed by atoms with Crippen molar-refractivity contribution in [3.8, 4) is 0 Å². The number of nitrogens with zero attached hydrogens (tertiary/aromatic N) is 2. The third-order valence-corrected chi connectivity index (χ3v) is 1.92. The Morgan fingerprint density at radius 2 is 2.38 bits per heavy atom. The van der Waals surface area contributed by atoms with Crippen LogP contribution in [0.2, 0.25) is 0 Å². The molecule has 1 heterocycles. The maximum atomic E-state index is 12.6. The van der Waals surface area contributed by atoms with Gasteiger partial charge in [-0.2, -0.15) is 5.10 Å². The van der Waals surface area contributed by atoms with Crippen molar-refractivity contribution >= 4 is 11.6 Å². The molecule has 0 aliphatic rings. The Morgan fingerprint density at radius 1 is 1.75 bits per heavy atom. The molecule has 1 rings (SSSR count). The maximum absolute atomic E-state index is 12.6. The number of aryl methyl sites for hydroxylation is 1. The summed E-state index contributed by atoms with van der Waals surface area (Å²) in [5, 5.41) is 14.0. The van der Waals surface area contributed by atoms with Gasteiger partial charge in [0.05, 0.1) is 18.4 Å². The number of aromatic nitrogens is 2. The normalized spacial score (nSPS) is 11.5. The number of hydrogen-bond donors (Lipinski definition) is 3. The zero-order valence-electron chi connectivity index (χ0n) is 8.57. The summed E-state index contributed by atoms with van der Waals surface area (Å²) >= 11 is 0. The van der Waals surface area contributed by atoms with Gasteiger partial charge >= 0.3 is 0 Å². The van der Waals surface area contributed by atoms with Crippen LogP contribution in [0, 0.1) is 0 Å². The number of alkyl halides is 2. The van der Waals surface area contributed by atoms with E-state index in [4.69, 9.17) is 10.8 Å². The Labute approximate surface area is 90.0 Å². The third kappa shape index (κ3) is 2.66. The van der Waals surface area contributed by atoms with Gasteiger partial charge in [-0.25, -0.2) is 8.78 Å². The van der Waals surface area contributed by atoms with Crippen molar-refractivity contribution in [3.63, 3.8) is 0 Å². The van der Waals surface area contributed by atoms with Crippen LogP contribution in [0.1, 0.15) is 10.5 Å². The Kier molecular flexibility index (Phi) is 3.43. The highest BCUT2D eigenvalue weighted by Gasteiger charge is 2.29. The number of amides is 1. The zero-order chi connectivity index (χ0) is 12.3.